The minimum Gasteiger partial charge on any atom is -0.497 e. The van der Waals surface area contributed by atoms with Crippen molar-refractivity contribution in [3.05, 3.63) is 29.3 Å². The summed E-state index contributed by atoms with van der Waals surface area (Å²) in [6.07, 6.45) is 2.39. The van der Waals surface area contributed by atoms with Crippen molar-refractivity contribution < 1.29 is 19.1 Å². The normalized spacial score (nSPS) is 20.6. The molecule has 1 saturated heterocycles. The summed E-state index contributed by atoms with van der Waals surface area (Å²) in [7, 11) is 1.63. The average molecular weight is 474 g/mol. The second kappa shape index (κ2) is 11.0. The summed E-state index contributed by atoms with van der Waals surface area (Å²) in [5, 5.41) is 3.29. The zero-order chi connectivity index (χ0) is 25.0. The number of nitrogens with zero attached hydrogens (tertiary/aromatic N) is 2. The number of amides is 2. The Morgan fingerprint density at radius 2 is 1.82 bits per heavy atom. The number of benzene rings is 1. The zero-order valence-corrected chi connectivity index (χ0v) is 22.0. The van der Waals surface area contributed by atoms with Crippen LogP contribution in [0.15, 0.2) is 18.2 Å². The molecule has 2 heterocycles. The molecule has 0 radical (unpaired) electrons. The molecule has 7 heteroatoms. The van der Waals surface area contributed by atoms with Crippen LogP contribution >= 0.6 is 0 Å². The van der Waals surface area contributed by atoms with E-state index in [1.165, 1.54) is 12.8 Å². The van der Waals surface area contributed by atoms with Gasteiger partial charge in [-0.3, -0.25) is 9.69 Å². The predicted molar refractivity (Wildman–Crippen MR) is 134 cm³/mol. The number of ether oxygens (including phenoxy) is 2. The molecule has 1 N–H and O–H groups in total. The fraction of sp³-hybridized carbons (Fsp3) is 0.704. The van der Waals surface area contributed by atoms with Crippen molar-refractivity contribution >= 4 is 12.0 Å². The second-order valence-corrected chi connectivity index (χ2v) is 11.3. The average Bonchev–Trinajstić information content (AvgIpc) is 2.77. The van der Waals surface area contributed by atoms with Gasteiger partial charge in [-0.25, -0.2) is 4.79 Å². The number of piperidine rings is 1. The Kier molecular flexibility index (Phi) is 8.50. The van der Waals surface area contributed by atoms with Crippen LogP contribution in [0.25, 0.3) is 0 Å². The molecule has 0 saturated carbocycles. The van der Waals surface area contributed by atoms with E-state index in [1.54, 1.807) is 12.0 Å². The third-order valence-electron chi connectivity index (χ3n) is 6.94. The highest BCUT2D eigenvalue weighted by molar-refractivity contribution is 5.87. The lowest BCUT2D eigenvalue weighted by molar-refractivity contribution is -0.128. The van der Waals surface area contributed by atoms with Gasteiger partial charge < -0.3 is 19.7 Å². The summed E-state index contributed by atoms with van der Waals surface area (Å²) >= 11 is 0. The van der Waals surface area contributed by atoms with Gasteiger partial charge in [0.15, 0.2) is 0 Å². The SMILES string of the molecule is COc1ccc2c(c1)CN(C(=O)OC(C)(C)C)[C@@H](C(=O)N[C@H](CN1CCC(C)CC1)C(C)C)C2. The van der Waals surface area contributed by atoms with Gasteiger partial charge in [0.2, 0.25) is 5.91 Å². The summed E-state index contributed by atoms with van der Waals surface area (Å²) in [5.74, 6) is 1.68. The van der Waals surface area contributed by atoms with Crippen molar-refractivity contribution in [2.24, 2.45) is 11.8 Å². The minimum absolute atomic E-state index is 0.0265. The van der Waals surface area contributed by atoms with Crippen molar-refractivity contribution in [3.63, 3.8) is 0 Å². The standard InChI is InChI=1S/C27H43N3O4/c1-18(2)23(17-29-12-10-19(3)11-13-29)28-25(31)24-15-20-8-9-22(33-7)14-21(20)16-30(24)26(32)34-27(4,5)6/h8-9,14,18-19,23-24H,10-13,15-17H2,1-7H3,(H,28,31)/t23-,24-/m1/s1. The zero-order valence-electron chi connectivity index (χ0n) is 22.0. The number of carbonyl (C=O) groups is 2. The van der Waals surface area contributed by atoms with E-state index in [1.807, 2.05) is 39.0 Å². The Balaban J connectivity index is 1.79. The third-order valence-corrected chi connectivity index (χ3v) is 6.94. The molecule has 190 valence electrons. The Morgan fingerprint density at radius 1 is 1.15 bits per heavy atom. The van der Waals surface area contributed by atoms with E-state index in [0.717, 1.165) is 42.4 Å². The highest BCUT2D eigenvalue weighted by Crippen LogP contribution is 2.29. The van der Waals surface area contributed by atoms with Gasteiger partial charge in [0, 0.05) is 19.0 Å². The summed E-state index contributed by atoms with van der Waals surface area (Å²) in [5.41, 5.74) is 1.41. The van der Waals surface area contributed by atoms with Crippen LogP contribution in [0.3, 0.4) is 0 Å². The molecule has 0 bridgehead atoms. The van der Waals surface area contributed by atoms with E-state index < -0.39 is 17.7 Å². The van der Waals surface area contributed by atoms with E-state index in [-0.39, 0.29) is 11.9 Å². The van der Waals surface area contributed by atoms with Crippen LogP contribution in [0.1, 0.15) is 65.5 Å². The molecule has 0 aromatic heterocycles. The predicted octanol–water partition coefficient (Wildman–Crippen LogP) is 4.23. The number of methoxy groups -OCH3 is 1. The first kappa shape index (κ1) is 26.3. The third kappa shape index (κ3) is 6.87. The van der Waals surface area contributed by atoms with Crippen molar-refractivity contribution in [1.82, 2.24) is 15.1 Å². The number of carbonyl (C=O) groups excluding carboxylic acids is 2. The van der Waals surface area contributed by atoms with Crippen LogP contribution in [0.4, 0.5) is 4.79 Å². The molecule has 0 unspecified atom stereocenters. The lowest BCUT2D eigenvalue weighted by atomic mass is 9.92. The van der Waals surface area contributed by atoms with Crippen molar-refractivity contribution in [1.29, 1.82) is 0 Å². The highest BCUT2D eigenvalue weighted by Gasteiger charge is 2.38. The Morgan fingerprint density at radius 3 is 2.41 bits per heavy atom. The Bertz CT molecular complexity index is 856. The molecular formula is C27H43N3O4. The summed E-state index contributed by atoms with van der Waals surface area (Å²) < 4.78 is 11.1. The molecule has 1 fully saturated rings. The van der Waals surface area contributed by atoms with Gasteiger partial charge in [0.1, 0.15) is 17.4 Å². The number of rotatable bonds is 6. The van der Waals surface area contributed by atoms with Crippen LogP contribution in [0, 0.1) is 11.8 Å². The molecule has 1 aromatic carbocycles. The molecule has 2 atom stereocenters. The molecule has 1 aromatic rings. The maximum Gasteiger partial charge on any atom is 0.411 e. The molecular weight excluding hydrogens is 430 g/mol. The number of nitrogens with one attached hydrogen (secondary N) is 1. The maximum atomic E-state index is 13.6. The van der Waals surface area contributed by atoms with Crippen molar-refractivity contribution in [2.45, 2.75) is 85.0 Å². The smallest absolute Gasteiger partial charge is 0.411 e. The lowest BCUT2D eigenvalue weighted by Crippen LogP contribution is -2.57. The van der Waals surface area contributed by atoms with Gasteiger partial charge in [-0.1, -0.05) is 26.8 Å². The molecule has 0 aliphatic carbocycles. The Labute approximate surface area is 205 Å². The van der Waals surface area contributed by atoms with Gasteiger partial charge in [-0.05, 0) is 81.8 Å². The minimum atomic E-state index is -0.640. The summed E-state index contributed by atoms with van der Waals surface area (Å²) in [4.78, 5) is 30.8. The maximum absolute atomic E-state index is 13.6. The first-order valence-electron chi connectivity index (χ1n) is 12.6. The van der Waals surface area contributed by atoms with Crippen molar-refractivity contribution in [2.75, 3.05) is 26.7 Å². The summed E-state index contributed by atoms with van der Waals surface area (Å²) in [6.45, 7) is 15.4. The molecule has 0 spiro atoms. The van der Waals surface area contributed by atoms with E-state index in [0.29, 0.717) is 18.9 Å². The quantitative estimate of drug-likeness (QED) is 0.670. The molecule has 2 aliphatic heterocycles. The topological polar surface area (TPSA) is 71.1 Å². The largest absolute Gasteiger partial charge is 0.497 e. The second-order valence-electron chi connectivity index (χ2n) is 11.3. The fourth-order valence-electron chi connectivity index (χ4n) is 4.66. The van der Waals surface area contributed by atoms with Crippen LogP contribution in [-0.4, -0.2) is 66.2 Å². The number of fused-ring (bicyclic) bond motifs is 1. The van der Waals surface area contributed by atoms with Gasteiger partial charge in [0.05, 0.1) is 13.7 Å². The fourth-order valence-corrected chi connectivity index (χ4v) is 4.66. The van der Waals surface area contributed by atoms with E-state index in [4.69, 9.17) is 9.47 Å². The van der Waals surface area contributed by atoms with Crippen LogP contribution in [-0.2, 0) is 22.5 Å². The monoisotopic (exact) mass is 473 g/mol. The summed E-state index contributed by atoms with van der Waals surface area (Å²) in [6, 6.07) is 5.26. The number of hydrogen-bond acceptors (Lipinski definition) is 5. The van der Waals surface area contributed by atoms with Gasteiger partial charge in [0.25, 0.3) is 0 Å². The Hall–Kier alpha value is -2.28. The van der Waals surface area contributed by atoms with Gasteiger partial charge >= 0.3 is 6.09 Å². The first-order valence-corrected chi connectivity index (χ1v) is 12.6. The molecule has 34 heavy (non-hydrogen) atoms. The van der Waals surface area contributed by atoms with Crippen LogP contribution < -0.4 is 10.1 Å². The number of hydrogen-bond donors (Lipinski definition) is 1. The van der Waals surface area contributed by atoms with Crippen LogP contribution in [0.5, 0.6) is 5.75 Å². The van der Waals surface area contributed by atoms with Crippen LogP contribution in [0.2, 0.25) is 0 Å². The van der Waals surface area contributed by atoms with Gasteiger partial charge in [-0.15, -0.1) is 0 Å². The molecule has 3 rings (SSSR count). The van der Waals surface area contributed by atoms with Crippen molar-refractivity contribution in [3.8, 4) is 5.75 Å². The van der Waals surface area contributed by atoms with Gasteiger partial charge in [-0.2, -0.15) is 0 Å². The van der Waals surface area contributed by atoms with E-state index in [9.17, 15) is 9.59 Å². The molecule has 2 aliphatic rings. The van der Waals surface area contributed by atoms with E-state index >= 15 is 0 Å². The highest BCUT2D eigenvalue weighted by atomic mass is 16.6. The number of likely N-dealkylation sites (tertiary alicyclic amines) is 1. The first-order chi connectivity index (χ1) is 16.0. The molecule has 2 amide bonds. The molecule has 7 nitrogen and oxygen atoms in total. The van der Waals surface area contributed by atoms with E-state index in [2.05, 4.69) is 31.0 Å². The lowest BCUT2D eigenvalue weighted by Gasteiger charge is -2.39.